The minimum absolute atomic E-state index is 0.108. The summed E-state index contributed by atoms with van der Waals surface area (Å²) >= 11 is 1.49. The summed E-state index contributed by atoms with van der Waals surface area (Å²) in [5, 5.41) is 12.5. The number of carbonyl (C=O) groups excluding carboxylic acids is 1. The molecular weight excluding hydrogens is 274 g/mol. The van der Waals surface area contributed by atoms with E-state index in [0.29, 0.717) is 11.5 Å². The molecule has 2 aromatic rings. The molecule has 0 aliphatic carbocycles. The Balaban J connectivity index is 1.75. The highest BCUT2D eigenvalue weighted by atomic mass is 32.2. The lowest BCUT2D eigenvalue weighted by Crippen LogP contribution is -2.29. The van der Waals surface area contributed by atoms with Crippen molar-refractivity contribution in [2.24, 2.45) is 0 Å². The molecular formula is C15H17NO3S. The Kier molecular flexibility index (Phi) is 5.26. The van der Waals surface area contributed by atoms with Gasteiger partial charge in [0.2, 0.25) is 5.91 Å². The molecule has 106 valence electrons. The number of aliphatic hydroxyl groups excluding tert-OH is 1. The van der Waals surface area contributed by atoms with Gasteiger partial charge >= 0.3 is 0 Å². The highest BCUT2D eigenvalue weighted by Gasteiger charge is 2.12. The van der Waals surface area contributed by atoms with Crippen molar-refractivity contribution in [1.29, 1.82) is 0 Å². The molecule has 0 fully saturated rings. The summed E-state index contributed by atoms with van der Waals surface area (Å²) in [6.45, 7) is 2.17. The second-order valence-electron chi connectivity index (χ2n) is 4.39. The van der Waals surface area contributed by atoms with Crippen molar-refractivity contribution in [3.63, 3.8) is 0 Å². The van der Waals surface area contributed by atoms with Crippen molar-refractivity contribution >= 4 is 17.7 Å². The average molecular weight is 291 g/mol. The number of hydrogen-bond donors (Lipinski definition) is 2. The number of aryl methyl sites for hydroxylation is 1. The van der Waals surface area contributed by atoms with E-state index in [1.54, 1.807) is 12.1 Å². The van der Waals surface area contributed by atoms with Crippen LogP contribution >= 0.6 is 11.8 Å². The number of amides is 1. The number of carbonyl (C=O) groups is 1. The van der Waals surface area contributed by atoms with Crippen molar-refractivity contribution in [2.75, 3.05) is 12.3 Å². The van der Waals surface area contributed by atoms with Crippen molar-refractivity contribution in [3.05, 3.63) is 54.0 Å². The van der Waals surface area contributed by atoms with E-state index in [1.807, 2.05) is 31.2 Å². The number of rotatable bonds is 6. The van der Waals surface area contributed by atoms with E-state index in [9.17, 15) is 9.90 Å². The summed E-state index contributed by atoms with van der Waals surface area (Å²) in [7, 11) is 0. The van der Waals surface area contributed by atoms with Crippen LogP contribution in [0.15, 0.2) is 52.0 Å². The minimum Gasteiger partial charge on any atom is -0.467 e. The second kappa shape index (κ2) is 7.17. The highest BCUT2D eigenvalue weighted by molar-refractivity contribution is 8.00. The number of hydrogen-bond acceptors (Lipinski definition) is 4. The summed E-state index contributed by atoms with van der Waals surface area (Å²) in [6.07, 6.45) is 0.686. The number of furan rings is 1. The molecule has 0 aliphatic heterocycles. The molecule has 0 saturated carbocycles. The average Bonchev–Trinajstić information content (AvgIpc) is 2.98. The zero-order valence-electron chi connectivity index (χ0n) is 11.2. The van der Waals surface area contributed by atoms with Gasteiger partial charge in [-0.1, -0.05) is 18.2 Å². The van der Waals surface area contributed by atoms with Crippen LogP contribution in [0.5, 0.6) is 0 Å². The van der Waals surface area contributed by atoms with Crippen molar-refractivity contribution in [3.8, 4) is 0 Å². The van der Waals surface area contributed by atoms with Crippen LogP contribution in [0, 0.1) is 6.92 Å². The number of nitrogens with one attached hydrogen (secondary N) is 1. The maximum absolute atomic E-state index is 11.7. The van der Waals surface area contributed by atoms with E-state index in [2.05, 4.69) is 5.32 Å². The Morgan fingerprint density at radius 1 is 1.35 bits per heavy atom. The van der Waals surface area contributed by atoms with Gasteiger partial charge in [-0.2, -0.15) is 0 Å². The van der Waals surface area contributed by atoms with Gasteiger partial charge in [0, 0.05) is 4.90 Å². The van der Waals surface area contributed by atoms with E-state index in [4.69, 9.17) is 4.42 Å². The third-order valence-corrected chi connectivity index (χ3v) is 3.99. The molecule has 5 heteroatoms. The second-order valence-corrected chi connectivity index (χ2v) is 5.41. The maximum atomic E-state index is 11.7. The van der Waals surface area contributed by atoms with Gasteiger partial charge in [0.15, 0.2) is 0 Å². The Labute approximate surface area is 122 Å². The van der Waals surface area contributed by atoms with Gasteiger partial charge in [-0.15, -0.1) is 11.8 Å². The van der Waals surface area contributed by atoms with Crippen LogP contribution in [0.3, 0.4) is 0 Å². The molecule has 1 aromatic heterocycles. The van der Waals surface area contributed by atoms with Crippen molar-refractivity contribution in [2.45, 2.75) is 17.9 Å². The Morgan fingerprint density at radius 3 is 2.85 bits per heavy atom. The van der Waals surface area contributed by atoms with Gasteiger partial charge < -0.3 is 14.8 Å². The van der Waals surface area contributed by atoms with E-state index in [1.165, 1.54) is 18.0 Å². The molecule has 0 radical (unpaired) electrons. The van der Waals surface area contributed by atoms with Gasteiger partial charge in [-0.25, -0.2) is 0 Å². The Bertz CT molecular complexity index is 554. The molecule has 0 aliphatic rings. The van der Waals surface area contributed by atoms with Crippen LogP contribution in [0.4, 0.5) is 0 Å². The molecule has 1 atom stereocenters. The van der Waals surface area contributed by atoms with E-state index < -0.39 is 6.10 Å². The van der Waals surface area contributed by atoms with Gasteiger partial charge in [0.05, 0.1) is 18.6 Å². The van der Waals surface area contributed by atoms with Gasteiger partial charge in [-0.05, 0) is 30.7 Å². The SMILES string of the molecule is Cc1ccccc1SCC(=O)NCC(O)c1ccco1. The molecule has 0 bridgehead atoms. The van der Waals surface area contributed by atoms with Gasteiger partial charge in [0.1, 0.15) is 11.9 Å². The number of benzene rings is 1. The summed E-state index contributed by atoms with van der Waals surface area (Å²) in [5.41, 5.74) is 1.15. The lowest BCUT2D eigenvalue weighted by atomic mass is 10.2. The maximum Gasteiger partial charge on any atom is 0.230 e. The highest BCUT2D eigenvalue weighted by Crippen LogP contribution is 2.21. The summed E-state index contributed by atoms with van der Waals surface area (Å²) < 4.78 is 5.07. The number of thioether (sulfide) groups is 1. The summed E-state index contributed by atoms with van der Waals surface area (Å²) in [4.78, 5) is 12.8. The molecule has 0 spiro atoms. The zero-order chi connectivity index (χ0) is 14.4. The van der Waals surface area contributed by atoms with Crippen LogP contribution in [0.2, 0.25) is 0 Å². The predicted octanol–water partition coefficient (Wildman–Crippen LogP) is 2.53. The summed E-state index contributed by atoms with van der Waals surface area (Å²) in [6, 6.07) is 11.3. The molecule has 1 heterocycles. The first-order valence-electron chi connectivity index (χ1n) is 6.33. The smallest absolute Gasteiger partial charge is 0.230 e. The summed E-state index contributed by atoms with van der Waals surface area (Å²) in [5.74, 6) is 0.677. The number of aliphatic hydroxyl groups is 1. The van der Waals surface area contributed by atoms with Crippen LogP contribution in [-0.4, -0.2) is 23.3 Å². The molecule has 0 saturated heterocycles. The predicted molar refractivity (Wildman–Crippen MR) is 78.6 cm³/mol. The van der Waals surface area contributed by atoms with Crippen LogP contribution in [0.25, 0.3) is 0 Å². The first-order valence-corrected chi connectivity index (χ1v) is 7.32. The first-order chi connectivity index (χ1) is 9.66. The van der Waals surface area contributed by atoms with Crippen molar-refractivity contribution < 1.29 is 14.3 Å². The van der Waals surface area contributed by atoms with E-state index in [-0.39, 0.29) is 12.5 Å². The fourth-order valence-electron chi connectivity index (χ4n) is 1.70. The molecule has 20 heavy (non-hydrogen) atoms. The molecule has 1 amide bonds. The lowest BCUT2D eigenvalue weighted by molar-refractivity contribution is -0.119. The van der Waals surface area contributed by atoms with Crippen molar-refractivity contribution in [1.82, 2.24) is 5.32 Å². The Hall–Kier alpha value is -1.72. The first kappa shape index (κ1) is 14.7. The molecule has 2 N–H and O–H groups in total. The largest absolute Gasteiger partial charge is 0.467 e. The molecule has 2 rings (SSSR count). The topological polar surface area (TPSA) is 62.5 Å². The fourth-order valence-corrected chi connectivity index (χ4v) is 2.56. The Morgan fingerprint density at radius 2 is 2.15 bits per heavy atom. The standard InChI is InChI=1S/C15H17NO3S/c1-11-5-2-3-7-14(11)20-10-15(18)16-9-12(17)13-6-4-8-19-13/h2-8,12,17H,9-10H2,1H3,(H,16,18). The van der Waals surface area contributed by atoms with Crippen LogP contribution < -0.4 is 5.32 Å². The quantitative estimate of drug-likeness (QED) is 0.803. The molecule has 1 unspecified atom stereocenters. The fraction of sp³-hybridized carbons (Fsp3) is 0.267. The minimum atomic E-state index is -0.808. The van der Waals surface area contributed by atoms with E-state index in [0.717, 1.165) is 10.5 Å². The van der Waals surface area contributed by atoms with Gasteiger partial charge in [-0.3, -0.25) is 4.79 Å². The van der Waals surface area contributed by atoms with Crippen LogP contribution in [0.1, 0.15) is 17.4 Å². The molecule has 1 aromatic carbocycles. The lowest BCUT2D eigenvalue weighted by Gasteiger charge is -2.10. The third-order valence-electron chi connectivity index (χ3n) is 2.82. The molecule has 4 nitrogen and oxygen atoms in total. The van der Waals surface area contributed by atoms with E-state index >= 15 is 0 Å². The van der Waals surface area contributed by atoms with Gasteiger partial charge in [0.25, 0.3) is 0 Å². The zero-order valence-corrected chi connectivity index (χ0v) is 12.0. The monoisotopic (exact) mass is 291 g/mol. The third kappa shape index (κ3) is 4.15. The normalized spacial score (nSPS) is 12.1. The van der Waals surface area contributed by atoms with Crippen LogP contribution in [-0.2, 0) is 4.79 Å².